The highest BCUT2D eigenvalue weighted by molar-refractivity contribution is 6.61. The highest BCUT2D eigenvalue weighted by Crippen LogP contribution is 2.20. The maximum absolute atomic E-state index is 9.49. The topological polar surface area (TPSA) is 71.2 Å². The standard InChI is InChI=1S/C11H12BN3O2/c16-12(17)10-9-5-3-7-15(9)14-11(10)8-4-1-2-6-13-8/h1-2,4,6,16-17H,3,5,7H2. The predicted molar refractivity (Wildman–Crippen MR) is 63.6 cm³/mol. The summed E-state index contributed by atoms with van der Waals surface area (Å²) in [5.41, 5.74) is 2.68. The Morgan fingerprint density at radius 3 is 2.88 bits per heavy atom. The lowest BCUT2D eigenvalue weighted by Crippen LogP contribution is -2.33. The summed E-state index contributed by atoms with van der Waals surface area (Å²) in [5, 5.41) is 23.4. The molecular weight excluding hydrogens is 217 g/mol. The van der Waals surface area contributed by atoms with Crippen molar-refractivity contribution in [3.8, 4) is 11.4 Å². The molecule has 6 heteroatoms. The Bertz CT molecular complexity index is 539. The minimum atomic E-state index is -1.49. The molecule has 0 aromatic carbocycles. The quantitative estimate of drug-likeness (QED) is 0.685. The number of aromatic nitrogens is 3. The van der Waals surface area contributed by atoms with E-state index >= 15 is 0 Å². The smallest absolute Gasteiger partial charge is 0.423 e. The lowest BCUT2D eigenvalue weighted by Gasteiger charge is -2.02. The largest absolute Gasteiger partial charge is 0.492 e. The lowest BCUT2D eigenvalue weighted by molar-refractivity contribution is 0.425. The molecule has 0 saturated heterocycles. The van der Waals surface area contributed by atoms with Crippen LogP contribution in [0.5, 0.6) is 0 Å². The Hall–Kier alpha value is -1.66. The van der Waals surface area contributed by atoms with Crippen LogP contribution in [-0.2, 0) is 13.0 Å². The predicted octanol–water partition coefficient (Wildman–Crippen LogP) is -0.429. The van der Waals surface area contributed by atoms with Gasteiger partial charge in [-0.05, 0) is 25.0 Å². The van der Waals surface area contributed by atoms with E-state index in [-0.39, 0.29) is 0 Å². The van der Waals surface area contributed by atoms with Crippen molar-refractivity contribution in [3.63, 3.8) is 0 Å². The van der Waals surface area contributed by atoms with E-state index < -0.39 is 7.12 Å². The Morgan fingerprint density at radius 2 is 2.18 bits per heavy atom. The first kappa shape index (κ1) is 10.5. The Balaban J connectivity index is 2.18. The summed E-state index contributed by atoms with van der Waals surface area (Å²) in [4.78, 5) is 4.21. The van der Waals surface area contributed by atoms with E-state index in [0.29, 0.717) is 16.9 Å². The fourth-order valence-electron chi connectivity index (χ4n) is 2.32. The van der Waals surface area contributed by atoms with Gasteiger partial charge in [0.2, 0.25) is 0 Å². The summed E-state index contributed by atoms with van der Waals surface area (Å²) in [6, 6.07) is 5.51. The van der Waals surface area contributed by atoms with Crippen LogP contribution < -0.4 is 5.46 Å². The molecule has 0 atom stereocenters. The number of hydrogen-bond donors (Lipinski definition) is 2. The molecule has 0 saturated carbocycles. The molecular formula is C11H12BN3O2. The normalized spacial score (nSPS) is 13.8. The molecule has 0 spiro atoms. The SMILES string of the molecule is OB(O)c1c(-c2ccccn2)nn2c1CCC2. The van der Waals surface area contributed by atoms with Gasteiger partial charge in [-0.2, -0.15) is 5.10 Å². The van der Waals surface area contributed by atoms with Crippen LogP contribution in [0.25, 0.3) is 11.4 Å². The van der Waals surface area contributed by atoms with Gasteiger partial charge in [0.15, 0.2) is 0 Å². The molecule has 3 heterocycles. The number of nitrogens with zero attached hydrogens (tertiary/aromatic N) is 3. The van der Waals surface area contributed by atoms with E-state index in [1.54, 1.807) is 6.20 Å². The van der Waals surface area contributed by atoms with E-state index in [9.17, 15) is 10.0 Å². The maximum atomic E-state index is 9.49. The minimum Gasteiger partial charge on any atom is -0.423 e. The first-order valence-electron chi connectivity index (χ1n) is 5.64. The summed E-state index contributed by atoms with van der Waals surface area (Å²) >= 11 is 0. The summed E-state index contributed by atoms with van der Waals surface area (Å²) in [7, 11) is -1.49. The summed E-state index contributed by atoms with van der Waals surface area (Å²) in [6.45, 7) is 0.835. The monoisotopic (exact) mass is 229 g/mol. The molecule has 5 nitrogen and oxygen atoms in total. The Labute approximate surface area is 98.9 Å². The molecule has 2 N–H and O–H groups in total. The average molecular weight is 229 g/mol. The Kier molecular flexibility index (Phi) is 2.46. The second kappa shape index (κ2) is 3.98. The van der Waals surface area contributed by atoms with Crippen molar-refractivity contribution in [1.29, 1.82) is 0 Å². The first-order chi connectivity index (χ1) is 8.27. The minimum absolute atomic E-state index is 0.501. The summed E-state index contributed by atoms with van der Waals surface area (Å²) < 4.78 is 1.85. The third-order valence-electron chi connectivity index (χ3n) is 3.05. The number of hydrogen-bond acceptors (Lipinski definition) is 4. The van der Waals surface area contributed by atoms with Gasteiger partial charge in [0.05, 0.1) is 5.69 Å². The molecule has 0 radical (unpaired) electrons. The van der Waals surface area contributed by atoms with Gasteiger partial charge in [0, 0.05) is 23.9 Å². The molecule has 2 aromatic rings. The van der Waals surface area contributed by atoms with Crippen LogP contribution in [-0.4, -0.2) is 31.9 Å². The van der Waals surface area contributed by atoms with Gasteiger partial charge < -0.3 is 10.0 Å². The highest BCUT2D eigenvalue weighted by atomic mass is 16.4. The van der Waals surface area contributed by atoms with Crippen molar-refractivity contribution in [1.82, 2.24) is 14.8 Å². The van der Waals surface area contributed by atoms with Gasteiger partial charge in [-0.25, -0.2) is 0 Å². The van der Waals surface area contributed by atoms with Gasteiger partial charge in [0.1, 0.15) is 5.69 Å². The zero-order chi connectivity index (χ0) is 11.8. The molecule has 0 aliphatic carbocycles. The van der Waals surface area contributed by atoms with Crippen LogP contribution in [0.2, 0.25) is 0 Å². The molecule has 86 valence electrons. The van der Waals surface area contributed by atoms with Crippen LogP contribution in [0.1, 0.15) is 12.1 Å². The van der Waals surface area contributed by atoms with Crippen molar-refractivity contribution in [2.45, 2.75) is 19.4 Å². The number of fused-ring (bicyclic) bond motifs is 1. The van der Waals surface area contributed by atoms with Crippen molar-refractivity contribution >= 4 is 12.6 Å². The van der Waals surface area contributed by atoms with Crippen LogP contribution in [0.4, 0.5) is 0 Å². The van der Waals surface area contributed by atoms with Crippen LogP contribution in [0, 0.1) is 0 Å². The molecule has 17 heavy (non-hydrogen) atoms. The van der Waals surface area contributed by atoms with Crippen LogP contribution in [0.15, 0.2) is 24.4 Å². The summed E-state index contributed by atoms with van der Waals surface area (Å²) in [6.07, 6.45) is 3.52. The third-order valence-corrected chi connectivity index (χ3v) is 3.05. The summed E-state index contributed by atoms with van der Waals surface area (Å²) in [5.74, 6) is 0. The fraction of sp³-hybridized carbons (Fsp3) is 0.273. The van der Waals surface area contributed by atoms with Crippen molar-refractivity contribution in [2.75, 3.05) is 0 Å². The first-order valence-corrected chi connectivity index (χ1v) is 5.64. The molecule has 1 aliphatic heterocycles. The second-order valence-electron chi connectivity index (χ2n) is 4.12. The second-order valence-corrected chi connectivity index (χ2v) is 4.12. The van der Waals surface area contributed by atoms with Crippen molar-refractivity contribution < 1.29 is 10.0 Å². The van der Waals surface area contributed by atoms with Gasteiger partial charge in [0.25, 0.3) is 0 Å². The van der Waals surface area contributed by atoms with E-state index in [1.807, 2.05) is 22.9 Å². The zero-order valence-corrected chi connectivity index (χ0v) is 9.24. The molecule has 3 rings (SSSR count). The molecule has 0 fully saturated rings. The van der Waals surface area contributed by atoms with Crippen LogP contribution >= 0.6 is 0 Å². The Morgan fingerprint density at radius 1 is 1.29 bits per heavy atom. The molecule has 1 aliphatic rings. The van der Waals surface area contributed by atoms with Gasteiger partial charge >= 0.3 is 7.12 Å². The van der Waals surface area contributed by atoms with E-state index in [4.69, 9.17) is 0 Å². The number of aryl methyl sites for hydroxylation is 1. The van der Waals surface area contributed by atoms with E-state index in [2.05, 4.69) is 10.1 Å². The number of pyridine rings is 1. The fourth-order valence-corrected chi connectivity index (χ4v) is 2.32. The molecule has 0 bridgehead atoms. The highest BCUT2D eigenvalue weighted by Gasteiger charge is 2.29. The van der Waals surface area contributed by atoms with E-state index in [0.717, 1.165) is 25.1 Å². The molecule has 0 unspecified atom stereocenters. The van der Waals surface area contributed by atoms with Gasteiger partial charge in [-0.1, -0.05) is 6.07 Å². The molecule has 0 amide bonds. The maximum Gasteiger partial charge on any atom is 0.492 e. The van der Waals surface area contributed by atoms with Gasteiger partial charge in [-0.3, -0.25) is 9.67 Å². The van der Waals surface area contributed by atoms with Gasteiger partial charge in [-0.15, -0.1) is 0 Å². The van der Waals surface area contributed by atoms with Crippen molar-refractivity contribution in [3.05, 3.63) is 30.1 Å². The number of rotatable bonds is 2. The van der Waals surface area contributed by atoms with Crippen molar-refractivity contribution in [2.24, 2.45) is 0 Å². The lowest BCUT2D eigenvalue weighted by atomic mass is 9.77. The zero-order valence-electron chi connectivity index (χ0n) is 9.24. The van der Waals surface area contributed by atoms with E-state index in [1.165, 1.54) is 0 Å². The van der Waals surface area contributed by atoms with Crippen LogP contribution in [0.3, 0.4) is 0 Å². The molecule has 2 aromatic heterocycles. The third kappa shape index (κ3) is 1.65. The average Bonchev–Trinajstić information content (AvgIpc) is 2.88.